The van der Waals surface area contributed by atoms with Crippen molar-refractivity contribution in [2.45, 2.75) is 180 Å². The third kappa shape index (κ3) is 15.1. The number of ether oxygens (including phenoxy) is 4. The first-order valence-electron chi connectivity index (χ1n) is 24.7. The SMILES string of the molecule is C=CCCOC(=O)N(CCC)C1CC(=NOC(C)(C)C)C2=CC(CCCCO)C(CCCCO)C3c4cc(OC(=O)NCCCCCCCCCCCC)ccc4OC1(OCC=C)C23. The number of allylic oxidation sites excluding steroid dienone is 1. The molecule has 2 amide bonds. The predicted molar refractivity (Wildman–Crippen MR) is 255 cm³/mol. The van der Waals surface area contributed by atoms with E-state index in [0.29, 0.717) is 56.0 Å². The van der Waals surface area contributed by atoms with Crippen molar-refractivity contribution in [3.05, 3.63) is 60.7 Å². The average molecular weight is 894 g/mol. The van der Waals surface area contributed by atoms with Gasteiger partial charge in [-0.05, 0) is 101 Å². The van der Waals surface area contributed by atoms with Crippen molar-refractivity contribution in [3.63, 3.8) is 0 Å². The van der Waals surface area contributed by atoms with Gasteiger partial charge in [-0.25, -0.2) is 9.59 Å². The molecule has 12 nitrogen and oxygen atoms in total. The van der Waals surface area contributed by atoms with E-state index in [1.54, 1.807) is 23.1 Å². The maximum atomic E-state index is 14.2. The van der Waals surface area contributed by atoms with Crippen LogP contribution >= 0.6 is 0 Å². The summed E-state index contributed by atoms with van der Waals surface area (Å²) in [7, 11) is 0. The highest BCUT2D eigenvalue weighted by Crippen LogP contribution is 2.62. The van der Waals surface area contributed by atoms with Crippen LogP contribution in [0.25, 0.3) is 0 Å². The number of carbonyl (C=O) groups excluding carboxylic acids is 2. The molecule has 360 valence electrons. The van der Waals surface area contributed by atoms with Gasteiger partial charge < -0.3 is 39.3 Å². The average Bonchev–Trinajstić information content (AvgIpc) is 3.27. The van der Waals surface area contributed by atoms with Crippen LogP contribution in [-0.4, -0.2) is 90.0 Å². The number of unbranched alkanes of at least 4 members (excludes halogenated alkanes) is 11. The molecule has 3 N–H and O–H groups in total. The van der Waals surface area contributed by atoms with E-state index in [-0.39, 0.29) is 50.6 Å². The number of aliphatic hydroxyl groups excluding tert-OH is 2. The van der Waals surface area contributed by atoms with Crippen LogP contribution in [0, 0.1) is 17.8 Å². The Morgan fingerprint density at radius 3 is 2.25 bits per heavy atom. The Morgan fingerprint density at radius 1 is 0.922 bits per heavy atom. The van der Waals surface area contributed by atoms with Gasteiger partial charge in [-0.1, -0.05) is 108 Å². The quantitative estimate of drug-likeness (QED) is 0.0390. The van der Waals surface area contributed by atoms with Gasteiger partial charge in [0.2, 0.25) is 5.79 Å². The number of rotatable bonds is 30. The molecule has 64 heavy (non-hydrogen) atoms. The van der Waals surface area contributed by atoms with Crippen LogP contribution in [0.4, 0.5) is 9.59 Å². The predicted octanol–water partition coefficient (Wildman–Crippen LogP) is 11.6. The molecule has 0 radical (unpaired) electrons. The van der Waals surface area contributed by atoms with Crippen molar-refractivity contribution in [1.82, 2.24) is 10.2 Å². The molecule has 0 saturated heterocycles. The van der Waals surface area contributed by atoms with Crippen LogP contribution in [0.3, 0.4) is 0 Å². The molecule has 1 heterocycles. The molecule has 0 aromatic heterocycles. The molecule has 1 aromatic carbocycles. The van der Waals surface area contributed by atoms with E-state index in [2.05, 4.69) is 31.5 Å². The summed E-state index contributed by atoms with van der Waals surface area (Å²) in [4.78, 5) is 35.5. The second kappa shape index (κ2) is 27.6. The molecule has 1 saturated carbocycles. The van der Waals surface area contributed by atoms with Crippen LogP contribution in [0.2, 0.25) is 0 Å². The van der Waals surface area contributed by atoms with Crippen molar-refractivity contribution in [2.75, 3.05) is 39.5 Å². The number of nitrogens with one attached hydrogen (secondary N) is 1. The van der Waals surface area contributed by atoms with E-state index >= 15 is 0 Å². The summed E-state index contributed by atoms with van der Waals surface area (Å²) < 4.78 is 26.2. The van der Waals surface area contributed by atoms with Gasteiger partial charge in [0, 0.05) is 44.2 Å². The lowest BCUT2D eigenvalue weighted by Gasteiger charge is -2.60. The van der Waals surface area contributed by atoms with Gasteiger partial charge >= 0.3 is 12.2 Å². The maximum absolute atomic E-state index is 14.2. The van der Waals surface area contributed by atoms with Crippen molar-refractivity contribution in [3.8, 4) is 11.5 Å². The normalized spacial score (nSPS) is 23.0. The Kier molecular flexibility index (Phi) is 22.7. The van der Waals surface area contributed by atoms with E-state index in [1.807, 2.05) is 39.8 Å². The van der Waals surface area contributed by atoms with Gasteiger partial charge in [0.1, 0.15) is 23.1 Å². The fourth-order valence-corrected chi connectivity index (χ4v) is 9.78. The van der Waals surface area contributed by atoms with E-state index in [4.69, 9.17) is 28.9 Å². The van der Waals surface area contributed by atoms with Crippen LogP contribution < -0.4 is 14.8 Å². The molecule has 1 aliphatic heterocycles. The Hall–Kier alpha value is -3.87. The molecule has 2 aliphatic carbocycles. The smallest absolute Gasteiger partial charge is 0.412 e. The van der Waals surface area contributed by atoms with E-state index < -0.39 is 35.5 Å². The molecule has 3 aliphatic rings. The molecular weight excluding hydrogens is 811 g/mol. The highest BCUT2D eigenvalue weighted by atomic mass is 16.7. The highest BCUT2D eigenvalue weighted by Gasteiger charge is 2.65. The van der Waals surface area contributed by atoms with E-state index in [9.17, 15) is 19.8 Å². The summed E-state index contributed by atoms with van der Waals surface area (Å²) in [6, 6.07) is 4.85. The molecule has 1 aromatic rings. The topological polar surface area (TPSA) is 148 Å². The summed E-state index contributed by atoms with van der Waals surface area (Å²) in [5.74, 6) is -1.09. The van der Waals surface area contributed by atoms with Crippen molar-refractivity contribution >= 4 is 17.9 Å². The number of benzene rings is 1. The van der Waals surface area contributed by atoms with Gasteiger partial charge in [0.25, 0.3) is 0 Å². The number of fused-ring (bicyclic) bond motifs is 2. The number of carbonyl (C=O) groups is 2. The number of aliphatic hydroxyl groups is 2. The molecule has 0 spiro atoms. The van der Waals surface area contributed by atoms with Crippen molar-refractivity contribution in [2.24, 2.45) is 22.9 Å². The van der Waals surface area contributed by atoms with E-state index in [0.717, 1.165) is 56.1 Å². The second-order valence-corrected chi connectivity index (χ2v) is 18.9. The minimum atomic E-state index is -1.41. The Labute approximate surface area is 385 Å². The zero-order valence-corrected chi connectivity index (χ0v) is 40.1. The molecule has 0 bridgehead atoms. The lowest BCUT2D eigenvalue weighted by Crippen LogP contribution is -2.70. The summed E-state index contributed by atoms with van der Waals surface area (Å²) in [6.45, 7) is 19.4. The molecule has 4 rings (SSSR count). The van der Waals surface area contributed by atoms with Gasteiger partial charge in [-0.2, -0.15) is 0 Å². The number of hydrogen-bond donors (Lipinski definition) is 3. The fourth-order valence-electron chi connectivity index (χ4n) is 9.78. The summed E-state index contributed by atoms with van der Waals surface area (Å²) >= 11 is 0. The molecule has 1 fully saturated rings. The monoisotopic (exact) mass is 894 g/mol. The third-order valence-electron chi connectivity index (χ3n) is 12.7. The first kappa shape index (κ1) is 52.8. The molecule has 6 atom stereocenters. The second-order valence-electron chi connectivity index (χ2n) is 18.9. The van der Waals surface area contributed by atoms with Crippen molar-refractivity contribution < 1.29 is 43.6 Å². The van der Waals surface area contributed by atoms with Gasteiger partial charge in [0.05, 0.1) is 24.8 Å². The fraction of sp³-hybridized carbons (Fsp3) is 0.712. The lowest BCUT2D eigenvalue weighted by atomic mass is 9.55. The summed E-state index contributed by atoms with van der Waals surface area (Å²) in [6.07, 6.45) is 22.9. The largest absolute Gasteiger partial charge is 0.459 e. The minimum absolute atomic E-state index is 0.0245. The molecule has 12 heteroatoms. The summed E-state index contributed by atoms with van der Waals surface area (Å²) in [5, 5.41) is 27.7. The lowest BCUT2D eigenvalue weighted by molar-refractivity contribution is -0.255. The minimum Gasteiger partial charge on any atom is -0.459 e. The Balaban J connectivity index is 1.79. The van der Waals surface area contributed by atoms with Gasteiger partial charge in [-0.15, -0.1) is 13.2 Å². The van der Waals surface area contributed by atoms with Gasteiger partial charge in [0.15, 0.2) is 0 Å². The van der Waals surface area contributed by atoms with Crippen LogP contribution in [-0.2, 0) is 14.3 Å². The molecule has 6 unspecified atom stereocenters. The Bertz CT molecular complexity index is 1660. The first-order valence-corrected chi connectivity index (χ1v) is 24.7. The number of oxime groups is 1. The molecular formula is C52H83N3O9. The maximum Gasteiger partial charge on any atom is 0.412 e. The van der Waals surface area contributed by atoms with Gasteiger partial charge in [-0.3, -0.25) is 4.90 Å². The van der Waals surface area contributed by atoms with E-state index in [1.165, 1.54) is 44.9 Å². The standard InChI is InChI=1S/C52H83N3O9/c1-8-12-14-15-16-17-18-19-20-23-30-53-49(58)62-40-28-29-45-43(37-40)47-41(27-22-25-33-57)39(26-21-24-32-56)36-42-44(54-64-51(5,6)7)38-46(52(63-45,48(42)47)61-34-11-4)55(31-10-3)50(59)60-35-13-9-2/h9,11,28-29,36-37,39,41,46-48,56-57H,2,4,8,10,12-27,30-35,38H2,1,3,5-7H3,(H,53,58). The zero-order valence-electron chi connectivity index (χ0n) is 40.1. The summed E-state index contributed by atoms with van der Waals surface area (Å²) in [5.41, 5.74) is 1.92. The number of hydrogen-bond acceptors (Lipinski definition) is 10. The van der Waals surface area contributed by atoms with Crippen LogP contribution in [0.5, 0.6) is 11.5 Å². The number of amides is 2. The Morgan fingerprint density at radius 2 is 1.61 bits per heavy atom. The van der Waals surface area contributed by atoms with Crippen molar-refractivity contribution in [1.29, 1.82) is 0 Å². The van der Waals surface area contributed by atoms with Crippen LogP contribution in [0.15, 0.2) is 60.3 Å². The third-order valence-corrected chi connectivity index (χ3v) is 12.7. The highest BCUT2D eigenvalue weighted by molar-refractivity contribution is 6.03. The zero-order chi connectivity index (χ0) is 46.4. The van der Waals surface area contributed by atoms with Crippen LogP contribution in [0.1, 0.15) is 168 Å². The number of nitrogens with zero attached hydrogens (tertiary/aromatic N) is 2. The first-order chi connectivity index (χ1) is 31.0.